The van der Waals surface area contributed by atoms with Gasteiger partial charge in [0.1, 0.15) is 24.0 Å². The van der Waals surface area contributed by atoms with Crippen LogP contribution < -0.4 is 14.5 Å². The Morgan fingerprint density at radius 2 is 1.17 bits per heavy atom. The summed E-state index contributed by atoms with van der Waals surface area (Å²) in [5.74, 6) is 2.46. The predicted octanol–water partition coefficient (Wildman–Crippen LogP) is 14.8. The number of benzene rings is 6. The number of anilines is 4. The van der Waals surface area contributed by atoms with E-state index in [1.54, 1.807) is 0 Å². The van der Waals surface area contributed by atoms with Crippen molar-refractivity contribution in [3.05, 3.63) is 168 Å². The van der Waals surface area contributed by atoms with Crippen molar-refractivity contribution in [2.75, 3.05) is 16.5 Å². The third-order valence-electron chi connectivity index (χ3n) is 11.8. The summed E-state index contributed by atoms with van der Waals surface area (Å²) in [6.45, 7) is 21.2. The second kappa shape index (κ2) is 14.2. The van der Waals surface area contributed by atoms with Crippen LogP contribution in [0.15, 0.2) is 152 Å². The molecule has 0 unspecified atom stereocenters. The summed E-state index contributed by atoms with van der Waals surface area (Å²) in [6.07, 6.45) is 1.92. The van der Waals surface area contributed by atoms with E-state index in [-0.39, 0.29) is 16.2 Å². The lowest BCUT2D eigenvalue weighted by atomic mass is 9.81. The summed E-state index contributed by atoms with van der Waals surface area (Å²) in [5, 5.41) is 2.36. The van der Waals surface area contributed by atoms with Gasteiger partial charge in [0.05, 0.1) is 22.4 Å². The summed E-state index contributed by atoms with van der Waals surface area (Å²) >= 11 is 0. The van der Waals surface area contributed by atoms with E-state index < -0.39 is 0 Å². The summed E-state index contributed by atoms with van der Waals surface area (Å²) in [5.41, 5.74) is 13.2. The Balaban J connectivity index is 1.10. The molecule has 0 amide bonds. The molecule has 0 spiro atoms. The number of hydrogen-bond donors (Lipinski definition) is 0. The van der Waals surface area contributed by atoms with Crippen molar-refractivity contribution in [1.82, 2.24) is 9.55 Å². The maximum atomic E-state index is 6.76. The summed E-state index contributed by atoms with van der Waals surface area (Å²) in [6, 6.07) is 52.5. The molecule has 59 heavy (non-hydrogen) atoms. The molecule has 296 valence electrons. The first-order valence-electron chi connectivity index (χ1n) is 20.8. The molecule has 9 rings (SSSR count). The smallest absolute Gasteiger partial charge is 0.137 e. The molecule has 0 aliphatic carbocycles. The second-order valence-electron chi connectivity index (χ2n) is 19.1. The van der Waals surface area contributed by atoms with E-state index >= 15 is 0 Å². The Kier molecular flexibility index (Phi) is 9.19. The normalized spacial score (nSPS) is 13.4. The van der Waals surface area contributed by atoms with Crippen LogP contribution in [0.4, 0.5) is 22.7 Å². The molecule has 1 aliphatic heterocycles. The average Bonchev–Trinajstić information content (AvgIpc) is 3.76. The van der Waals surface area contributed by atoms with E-state index in [0.29, 0.717) is 6.67 Å². The van der Waals surface area contributed by atoms with Crippen LogP contribution in [-0.2, 0) is 16.2 Å². The number of para-hydroxylation sites is 1. The molecule has 0 fully saturated rings. The number of rotatable bonds is 6. The highest BCUT2D eigenvalue weighted by atomic mass is 16.5. The highest BCUT2D eigenvalue weighted by molar-refractivity contribution is 6.09. The largest absolute Gasteiger partial charge is 0.457 e. The van der Waals surface area contributed by atoms with Crippen LogP contribution in [0, 0.1) is 0 Å². The van der Waals surface area contributed by atoms with Gasteiger partial charge < -0.3 is 14.5 Å². The van der Waals surface area contributed by atoms with Gasteiger partial charge in [0.2, 0.25) is 0 Å². The van der Waals surface area contributed by atoms with E-state index in [1.807, 2.05) is 6.20 Å². The van der Waals surface area contributed by atoms with Crippen molar-refractivity contribution in [2.45, 2.75) is 78.6 Å². The van der Waals surface area contributed by atoms with E-state index in [4.69, 9.17) is 9.72 Å². The van der Waals surface area contributed by atoms with Crippen LogP contribution in [0.2, 0.25) is 0 Å². The molecule has 1 aliphatic rings. The van der Waals surface area contributed by atoms with Gasteiger partial charge in [-0.05, 0) is 111 Å². The van der Waals surface area contributed by atoms with Crippen molar-refractivity contribution in [1.29, 1.82) is 0 Å². The first-order chi connectivity index (χ1) is 28.1. The van der Waals surface area contributed by atoms with Crippen molar-refractivity contribution < 1.29 is 4.74 Å². The molecule has 0 saturated carbocycles. The third-order valence-corrected chi connectivity index (χ3v) is 11.8. The van der Waals surface area contributed by atoms with E-state index in [1.165, 1.54) is 55.7 Å². The predicted molar refractivity (Wildman–Crippen MR) is 249 cm³/mol. The van der Waals surface area contributed by atoms with Crippen LogP contribution in [0.5, 0.6) is 11.5 Å². The van der Waals surface area contributed by atoms with E-state index in [0.717, 1.165) is 34.0 Å². The lowest BCUT2D eigenvalue weighted by molar-refractivity contribution is 0.483. The van der Waals surface area contributed by atoms with Gasteiger partial charge in [-0.15, -0.1) is 0 Å². The maximum Gasteiger partial charge on any atom is 0.137 e. The zero-order chi connectivity index (χ0) is 41.3. The van der Waals surface area contributed by atoms with Crippen LogP contribution >= 0.6 is 0 Å². The average molecular weight is 775 g/mol. The Morgan fingerprint density at radius 1 is 0.492 bits per heavy atom. The zero-order valence-corrected chi connectivity index (χ0v) is 35.8. The number of fused-ring (bicyclic) bond motifs is 4. The first-order valence-corrected chi connectivity index (χ1v) is 20.8. The number of nitrogens with zero attached hydrogens (tertiary/aromatic N) is 4. The third kappa shape index (κ3) is 7.13. The summed E-state index contributed by atoms with van der Waals surface area (Å²) < 4.78 is 9.03. The number of pyridine rings is 1. The molecule has 5 nitrogen and oxygen atoms in total. The van der Waals surface area contributed by atoms with Crippen LogP contribution in [0.3, 0.4) is 0 Å². The molecular formula is C54H54N4O. The van der Waals surface area contributed by atoms with Gasteiger partial charge >= 0.3 is 0 Å². The number of ether oxygens (including phenoxy) is 1. The fourth-order valence-corrected chi connectivity index (χ4v) is 8.48. The molecule has 6 aromatic carbocycles. The molecule has 0 bridgehead atoms. The molecular weight excluding hydrogens is 721 g/mol. The van der Waals surface area contributed by atoms with E-state index in [2.05, 4.69) is 222 Å². The highest BCUT2D eigenvalue weighted by Gasteiger charge is 2.31. The fraction of sp³-hybridized carbons (Fsp3) is 0.241. The summed E-state index contributed by atoms with van der Waals surface area (Å²) in [7, 11) is 0. The Hall–Kier alpha value is -6.33. The minimum atomic E-state index is -0.0461. The van der Waals surface area contributed by atoms with Crippen molar-refractivity contribution >= 4 is 44.6 Å². The molecule has 0 atom stereocenters. The van der Waals surface area contributed by atoms with E-state index in [9.17, 15) is 0 Å². The molecule has 5 heteroatoms. The molecule has 2 aromatic heterocycles. The van der Waals surface area contributed by atoms with Crippen LogP contribution in [0.1, 0.15) is 79.0 Å². The quantitative estimate of drug-likeness (QED) is 0.168. The zero-order valence-electron chi connectivity index (χ0n) is 35.8. The Labute approximate surface area is 349 Å². The SMILES string of the molecule is CC(C)(C)c1ccnc(-n2c3ccccc3c3ccc(Oc4cccc(N5CN(c6ccc(-c7ccccc7)c(C(C)(C)C)c6)c6ccc(C(C)(C)C)cc65)c4)cc32)c1. The number of aromatic nitrogens is 2. The van der Waals surface area contributed by atoms with Crippen LogP contribution in [0.25, 0.3) is 38.8 Å². The molecule has 0 N–H and O–H groups in total. The van der Waals surface area contributed by atoms with Crippen molar-refractivity contribution in [3.63, 3.8) is 0 Å². The van der Waals surface area contributed by atoms with Gasteiger partial charge in [0, 0.05) is 40.5 Å². The molecule has 8 aromatic rings. The molecule has 0 radical (unpaired) electrons. The fourth-order valence-electron chi connectivity index (χ4n) is 8.48. The minimum Gasteiger partial charge on any atom is -0.457 e. The minimum absolute atomic E-state index is 0.000505. The molecule has 0 saturated heterocycles. The van der Waals surface area contributed by atoms with Gasteiger partial charge in [-0.3, -0.25) is 4.57 Å². The van der Waals surface area contributed by atoms with Gasteiger partial charge in [0.25, 0.3) is 0 Å². The Morgan fingerprint density at radius 3 is 1.93 bits per heavy atom. The highest BCUT2D eigenvalue weighted by Crippen LogP contribution is 2.48. The Bertz CT molecular complexity index is 2850. The topological polar surface area (TPSA) is 33.5 Å². The molecule has 3 heterocycles. The van der Waals surface area contributed by atoms with Gasteiger partial charge in [0.15, 0.2) is 0 Å². The van der Waals surface area contributed by atoms with Crippen molar-refractivity contribution in [2.24, 2.45) is 0 Å². The number of hydrogen-bond acceptors (Lipinski definition) is 4. The van der Waals surface area contributed by atoms with Crippen LogP contribution in [-0.4, -0.2) is 16.2 Å². The van der Waals surface area contributed by atoms with Gasteiger partial charge in [-0.25, -0.2) is 4.98 Å². The lowest BCUT2D eigenvalue weighted by Crippen LogP contribution is -2.24. The lowest BCUT2D eigenvalue weighted by Gasteiger charge is -2.27. The summed E-state index contributed by atoms with van der Waals surface area (Å²) in [4.78, 5) is 9.76. The standard InChI is InChI=1S/C54H54N4O/c1-52(2,3)37-22-27-48-50(30-37)57(35-56(48)40-23-25-43(36-16-11-10-12-17-36)46(33-40)54(7,8)9)39-18-15-19-41(32-39)59-42-24-26-45-44-20-13-14-21-47(44)58(49(45)34-42)51-31-38(28-29-55-51)53(4,5)6/h10-34H,35H2,1-9H3. The monoisotopic (exact) mass is 774 g/mol. The maximum absolute atomic E-state index is 6.76. The second-order valence-corrected chi connectivity index (χ2v) is 19.1. The first kappa shape index (κ1) is 38.2. The van der Waals surface area contributed by atoms with Gasteiger partial charge in [-0.2, -0.15) is 0 Å². The van der Waals surface area contributed by atoms with Crippen molar-refractivity contribution in [3.8, 4) is 28.4 Å². The van der Waals surface area contributed by atoms with Gasteiger partial charge in [-0.1, -0.05) is 129 Å².